The average Bonchev–Trinajstić information content (AvgIpc) is 3.32. The first kappa shape index (κ1) is 16.8. The van der Waals surface area contributed by atoms with Crippen molar-refractivity contribution in [3.05, 3.63) is 29.0 Å². The number of aromatic nitrogens is 2. The Kier molecular flexibility index (Phi) is 3.99. The molecule has 1 spiro atoms. The Hall–Kier alpha value is -2.30. The van der Waals surface area contributed by atoms with Crippen molar-refractivity contribution in [3.8, 4) is 15.8 Å². The standard InChI is InChI=1S/C17H15N3O5S2/c21-12-1-2-13(22)25-17(24-12)14(10-3-6-20(17)7-4-10)23-16-19-18-15(27-16)11-5-8-26-9-11/h1-2,5,8-10,14H,3-4,6-7H2. The summed E-state index contributed by atoms with van der Waals surface area (Å²) in [6.07, 6.45) is 3.24. The molecule has 0 amide bonds. The summed E-state index contributed by atoms with van der Waals surface area (Å²) in [5.74, 6) is -2.73. The van der Waals surface area contributed by atoms with Crippen molar-refractivity contribution in [2.75, 3.05) is 13.1 Å². The Morgan fingerprint density at radius 3 is 2.56 bits per heavy atom. The number of hydrogen-bond acceptors (Lipinski definition) is 10. The number of fused-ring (bicyclic) bond motifs is 2. The summed E-state index contributed by atoms with van der Waals surface area (Å²) in [5.41, 5.74) is 0.979. The summed E-state index contributed by atoms with van der Waals surface area (Å²) in [6, 6.07) is 1.96. The van der Waals surface area contributed by atoms with Crippen LogP contribution in [0.5, 0.6) is 5.19 Å². The molecule has 6 rings (SSSR count). The molecule has 4 aliphatic rings. The van der Waals surface area contributed by atoms with Crippen molar-refractivity contribution in [2.24, 2.45) is 5.92 Å². The Labute approximate surface area is 162 Å². The van der Waals surface area contributed by atoms with Gasteiger partial charge < -0.3 is 14.2 Å². The molecule has 6 heterocycles. The van der Waals surface area contributed by atoms with Gasteiger partial charge in [0, 0.05) is 42.1 Å². The lowest BCUT2D eigenvalue weighted by Gasteiger charge is -2.54. The molecule has 0 N–H and O–H groups in total. The van der Waals surface area contributed by atoms with Crippen molar-refractivity contribution in [3.63, 3.8) is 0 Å². The lowest BCUT2D eigenvalue weighted by atomic mass is 9.82. The van der Waals surface area contributed by atoms with Crippen LogP contribution in [0.25, 0.3) is 10.6 Å². The van der Waals surface area contributed by atoms with Crippen LogP contribution in [-0.2, 0) is 19.1 Å². The fourth-order valence-corrected chi connectivity index (χ4v) is 5.23. The summed E-state index contributed by atoms with van der Waals surface area (Å²) in [5, 5.41) is 13.4. The van der Waals surface area contributed by atoms with Crippen LogP contribution >= 0.6 is 22.7 Å². The van der Waals surface area contributed by atoms with E-state index in [2.05, 4.69) is 10.2 Å². The minimum Gasteiger partial charge on any atom is -0.455 e. The van der Waals surface area contributed by atoms with Crippen LogP contribution < -0.4 is 4.74 Å². The highest BCUT2D eigenvalue weighted by Crippen LogP contribution is 2.44. The number of carbonyl (C=O) groups excluding carboxylic acids is 2. The van der Waals surface area contributed by atoms with Gasteiger partial charge in [0.1, 0.15) is 0 Å². The second kappa shape index (κ2) is 6.39. The van der Waals surface area contributed by atoms with Crippen LogP contribution in [0.4, 0.5) is 0 Å². The summed E-state index contributed by atoms with van der Waals surface area (Å²) in [4.78, 5) is 26.0. The van der Waals surface area contributed by atoms with E-state index in [0.29, 0.717) is 18.3 Å². The van der Waals surface area contributed by atoms with Crippen LogP contribution in [0.2, 0.25) is 0 Å². The van der Waals surface area contributed by atoms with Gasteiger partial charge in [0.2, 0.25) is 0 Å². The van der Waals surface area contributed by atoms with Gasteiger partial charge in [0.25, 0.3) is 5.19 Å². The number of nitrogens with zero attached hydrogens (tertiary/aromatic N) is 3. The van der Waals surface area contributed by atoms with Crippen molar-refractivity contribution in [1.29, 1.82) is 0 Å². The smallest absolute Gasteiger partial charge is 0.359 e. The molecule has 140 valence electrons. The largest absolute Gasteiger partial charge is 0.455 e. The molecule has 3 saturated heterocycles. The zero-order chi connectivity index (χ0) is 18.4. The third-order valence-electron chi connectivity index (χ3n) is 5.02. The first-order valence-corrected chi connectivity index (χ1v) is 10.3. The highest BCUT2D eigenvalue weighted by Gasteiger charge is 2.62. The summed E-state index contributed by atoms with van der Waals surface area (Å²) < 4.78 is 17.3. The van der Waals surface area contributed by atoms with E-state index >= 15 is 0 Å². The molecule has 0 aromatic carbocycles. The number of ether oxygens (including phenoxy) is 3. The minimum absolute atomic E-state index is 0.0854. The normalized spacial score (nSPS) is 28.7. The lowest BCUT2D eigenvalue weighted by molar-refractivity contribution is -0.348. The second-order valence-corrected chi connectivity index (χ2v) is 8.27. The Morgan fingerprint density at radius 1 is 1.15 bits per heavy atom. The van der Waals surface area contributed by atoms with Gasteiger partial charge in [-0.1, -0.05) is 16.4 Å². The maximum Gasteiger partial charge on any atom is 0.359 e. The van der Waals surface area contributed by atoms with Crippen molar-refractivity contribution in [1.82, 2.24) is 15.1 Å². The van der Waals surface area contributed by atoms with E-state index in [1.54, 1.807) is 11.3 Å². The van der Waals surface area contributed by atoms with Crippen LogP contribution in [0, 0.1) is 5.92 Å². The minimum atomic E-state index is -1.56. The number of carbonyl (C=O) groups is 2. The predicted octanol–water partition coefficient (Wildman–Crippen LogP) is 2.05. The third-order valence-corrected chi connectivity index (χ3v) is 6.57. The highest BCUT2D eigenvalue weighted by molar-refractivity contribution is 7.16. The number of hydrogen-bond donors (Lipinski definition) is 0. The molecule has 0 radical (unpaired) electrons. The molecule has 0 saturated carbocycles. The van der Waals surface area contributed by atoms with E-state index < -0.39 is 24.0 Å². The fraction of sp³-hybridized carbons (Fsp3) is 0.412. The SMILES string of the molecule is O=C1C=CC(=O)OC2(O1)C(Oc1nnc(-c3ccsc3)s1)C1CCN2CC1. The molecular formula is C17H15N3O5S2. The van der Waals surface area contributed by atoms with E-state index in [1.807, 2.05) is 21.7 Å². The first-order valence-electron chi connectivity index (χ1n) is 8.56. The molecule has 0 aliphatic carbocycles. The first-order chi connectivity index (χ1) is 13.1. The monoisotopic (exact) mass is 405 g/mol. The summed E-state index contributed by atoms with van der Waals surface area (Å²) >= 11 is 2.89. The molecule has 2 aromatic heterocycles. The van der Waals surface area contributed by atoms with Gasteiger partial charge in [0.15, 0.2) is 11.1 Å². The number of thiophene rings is 1. The molecule has 10 heteroatoms. The van der Waals surface area contributed by atoms with Gasteiger partial charge in [-0.2, -0.15) is 11.3 Å². The number of rotatable bonds is 3. The van der Waals surface area contributed by atoms with Crippen molar-refractivity contribution < 1.29 is 23.8 Å². The average molecular weight is 405 g/mol. The van der Waals surface area contributed by atoms with Crippen molar-refractivity contribution in [2.45, 2.75) is 24.9 Å². The van der Waals surface area contributed by atoms with Gasteiger partial charge in [-0.15, -0.1) is 5.10 Å². The summed E-state index contributed by atoms with van der Waals surface area (Å²) in [6.45, 7) is 1.34. The Balaban J connectivity index is 1.47. The predicted molar refractivity (Wildman–Crippen MR) is 96.0 cm³/mol. The lowest BCUT2D eigenvalue weighted by Crippen LogP contribution is -2.71. The molecule has 3 fully saturated rings. The van der Waals surface area contributed by atoms with E-state index in [4.69, 9.17) is 14.2 Å². The van der Waals surface area contributed by atoms with E-state index in [1.165, 1.54) is 11.3 Å². The topological polar surface area (TPSA) is 90.9 Å². The van der Waals surface area contributed by atoms with E-state index in [9.17, 15) is 9.59 Å². The maximum absolute atomic E-state index is 12.1. The molecule has 4 aliphatic heterocycles. The second-order valence-electron chi connectivity index (χ2n) is 6.55. The molecular weight excluding hydrogens is 390 g/mol. The van der Waals surface area contributed by atoms with Gasteiger partial charge in [-0.05, 0) is 24.3 Å². The van der Waals surface area contributed by atoms with Crippen LogP contribution in [0.1, 0.15) is 12.8 Å². The molecule has 1 unspecified atom stereocenters. The zero-order valence-electron chi connectivity index (χ0n) is 14.1. The Bertz CT molecular complexity index is 882. The van der Waals surface area contributed by atoms with Crippen LogP contribution in [0.3, 0.4) is 0 Å². The van der Waals surface area contributed by atoms with Gasteiger partial charge in [0.05, 0.1) is 0 Å². The van der Waals surface area contributed by atoms with E-state index in [0.717, 1.165) is 35.6 Å². The number of piperidine rings is 3. The molecule has 1 atom stereocenters. The third kappa shape index (κ3) is 2.84. The Morgan fingerprint density at radius 2 is 1.89 bits per heavy atom. The summed E-state index contributed by atoms with van der Waals surface area (Å²) in [7, 11) is 0. The molecule has 27 heavy (non-hydrogen) atoms. The molecule has 2 aromatic rings. The quantitative estimate of drug-likeness (QED) is 0.717. The highest BCUT2D eigenvalue weighted by atomic mass is 32.1. The van der Waals surface area contributed by atoms with Crippen molar-refractivity contribution >= 4 is 34.6 Å². The van der Waals surface area contributed by atoms with Gasteiger partial charge in [-0.3, -0.25) is 0 Å². The van der Waals surface area contributed by atoms with Crippen LogP contribution in [0.15, 0.2) is 29.0 Å². The van der Waals surface area contributed by atoms with Gasteiger partial charge >= 0.3 is 17.8 Å². The van der Waals surface area contributed by atoms with E-state index in [-0.39, 0.29) is 5.92 Å². The van der Waals surface area contributed by atoms with Crippen LogP contribution in [-0.4, -0.2) is 52.1 Å². The molecule has 2 bridgehead atoms. The molecule has 8 nitrogen and oxygen atoms in total. The zero-order valence-corrected chi connectivity index (χ0v) is 15.7. The van der Waals surface area contributed by atoms with Gasteiger partial charge in [-0.25, -0.2) is 14.5 Å². The maximum atomic E-state index is 12.1. The fourth-order valence-electron chi connectivity index (χ4n) is 3.79. The number of esters is 2.